The Morgan fingerprint density at radius 2 is 1.96 bits per heavy atom. The smallest absolute Gasteiger partial charge is 0.266 e. The maximum absolute atomic E-state index is 12.8. The molecular formula is C21H22N2O2S. The fourth-order valence-electron chi connectivity index (χ4n) is 2.77. The van der Waals surface area contributed by atoms with E-state index in [1.165, 1.54) is 17.3 Å². The molecule has 1 fully saturated rings. The first-order chi connectivity index (χ1) is 12.7. The van der Waals surface area contributed by atoms with E-state index in [9.17, 15) is 4.79 Å². The second kappa shape index (κ2) is 8.23. The first-order valence-corrected chi connectivity index (χ1v) is 9.50. The first kappa shape index (κ1) is 18.3. The number of carbonyl (C=O) groups is 1. The van der Waals surface area contributed by atoms with Gasteiger partial charge in [-0.25, -0.2) is 4.99 Å². The number of benzene rings is 2. The number of amides is 1. The minimum Gasteiger partial charge on any atom is -0.497 e. The highest BCUT2D eigenvalue weighted by molar-refractivity contribution is 8.18. The van der Waals surface area contributed by atoms with Crippen LogP contribution in [0.1, 0.15) is 25.0 Å². The molecule has 1 aliphatic rings. The second-order valence-corrected chi connectivity index (χ2v) is 6.82. The largest absolute Gasteiger partial charge is 0.497 e. The first-order valence-electron chi connectivity index (χ1n) is 8.68. The fraction of sp³-hybridized carbons (Fsp3) is 0.238. The van der Waals surface area contributed by atoms with Gasteiger partial charge < -0.3 is 4.74 Å². The number of nitrogens with zero attached hydrogens (tertiary/aromatic N) is 2. The Balaban J connectivity index is 1.95. The number of rotatable bonds is 5. The van der Waals surface area contributed by atoms with Gasteiger partial charge in [-0.05, 0) is 60.5 Å². The maximum atomic E-state index is 12.8. The number of carbonyl (C=O) groups excluding carboxylic acids is 1. The molecule has 0 spiro atoms. The van der Waals surface area contributed by atoms with Crippen molar-refractivity contribution in [1.82, 2.24) is 4.90 Å². The molecule has 0 unspecified atom stereocenters. The molecule has 0 N–H and O–H groups in total. The summed E-state index contributed by atoms with van der Waals surface area (Å²) in [7, 11) is 1.64. The Labute approximate surface area is 158 Å². The molecule has 3 rings (SSSR count). The number of thioether (sulfide) groups is 1. The van der Waals surface area contributed by atoms with Gasteiger partial charge in [0.1, 0.15) is 5.75 Å². The average molecular weight is 366 g/mol. The molecule has 0 aromatic heterocycles. The van der Waals surface area contributed by atoms with Crippen molar-refractivity contribution < 1.29 is 9.53 Å². The van der Waals surface area contributed by atoms with Crippen LogP contribution in [0.5, 0.6) is 5.75 Å². The molecule has 0 atom stereocenters. The lowest BCUT2D eigenvalue weighted by molar-refractivity contribution is -0.122. The summed E-state index contributed by atoms with van der Waals surface area (Å²) in [5.41, 5.74) is 3.03. The summed E-state index contributed by atoms with van der Waals surface area (Å²) in [4.78, 5) is 20.0. The van der Waals surface area contributed by atoms with Gasteiger partial charge in [-0.15, -0.1) is 0 Å². The highest BCUT2D eigenvalue weighted by atomic mass is 32.2. The average Bonchev–Trinajstić information content (AvgIpc) is 2.96. The molecule has 0 radical (unpaired) electrons. The van der Waals surface area contributed by atoms with Crippen LogP contribution in [0.15, 0.2) is 58.4 Å². The number of hydrogen-bond acceptors (Lipinski definition) is 4. The molecule has 0 saturated carbocycles. The molecule has 2 aromatic carbocycles. The zero-order valence-electron chi connectivity index (χ0n) is 15.2. The number of para-hydroxylation sites is 1. The van der Waals surface area contributed by atoms with E-state index in [1.807, 2.05) is 55.5 Å². The van der Waals surface area contributed by atoms with Crippen molar-refractivity contribution in [2.75, 3.05) is 13.7 Å². The van der Waals surface area contributed by atoms with Crippen molar-refractivity contribution in [3.8, 4) is 5.75 Å². The molecule has 0 aliphatic carbocycles. The minimum atomic E-state index is -0.00644. The van der Waals surface area contributed by atoms with E-state index in [1.54, 1.807) is 12.0 Å². The predicted molar refractivity (Wildman–Crippen MR) is 109 cm³/mol. The predicted octanol–water partition coefficient (Wildman–Crippen LogP) is 4.88. The fourth-order valence-corrected chi connectivity index (χ4v) is 3.83. The standard InChI is InChI=1S/C21H22N2O2S/c1-4-16-10-6-7-12-18(16)22-21-23(5-2)20(24)19(26-21)14-15-9-8-11-17(13-15)25-3/h6-14H,4-5H2,1-3H3/b19-14+,22-21?. The van der Waals surface area contributed by atoms with Crippen LogP contribution in [0.2, 0.25) is 0 Å². The van der Waals surface area contributed by atoms with E-state index in [4.69, 9.17) is 9.73 Å². The molecule has 134 valence electrons. The van der Waals surface area contributed by atoms with E-state index < -0.39 is 0 Å². The number of aliphatic imine (C=N–C) groups is 1. The Kier molecular flexibility index (Phi) is 5.78. The summed E-state index contributed by atoms with van der Waals surface area (Å²) in [5, 5.41) is 0.729. The molecule has 26 heavy (non-hydrogen) atoms. The van der Waals surface area contributed by atoms with Gasteiger partial charge in [0.25, 0.3) is 5.91 Å². The number of methoxy groups -OCH3 is 1. The normalized spacial score (nSPS) is 17.3. The Morgan fingerprint density at radius 3 is 2.69 bits per heavy atom. The van der Waals surface area contributed by atoms with Crippen LogP contribution in [-0.2, 0) is 11.2 Å². The number of amidine groups is 1. The monoisotopic (exact) mass is 366 g/mol. The van der Waals surface area contributed by atoms with Gasteiger partial charge >= 0.3 is 0 Å². The zero-order valence-corrected chi connectivity index (χ0v) is 16.0. The van der Waals surface area contributed by atoms with E-state index >= 15 is 0 Å². The van der Waals surface area contributed by atoms with Crippen LogP contribution in [0, 0.1) is 0 Å². The molecule has 2 aromatic rings. The number of ether oxygens (including phenoxy) is 1. The molecule has 0 bridgehead atoms. The van der Waals surface area contributed by atoms with Gasteiger partial charge in [-0.2, -0.15) is 0 Å². The summed E-state index contributed by atoms with van der Waals surface area (Å²) >= 11 is 1.42. The van der Waals surface area contributed by atoms with Gasteiger partial charge in [0.2, 0.25) is 0 Å². The van der Waals surface area contributed by atoms with Crippen molar-refractivity contribution in [2.45, 2.75) is 20.3 Å². The molecule has 1 amide bonds. The number of likely N-dealkylation sites (N-methyl/N-ethyl adjacent to an activating group) is 1. The van der Waals surface area contributed by atoms with Crippen LogP contribution < -0.4 is 4.74 Å². The maximum Gasteiger partial charge on any atom is 0.266 e. The zero-order chi connectivity index (χ0) is 18.5. The molecular weight excluding hydrogens is 344 g/mol. The molecule has 1 heterocycles. The van der Waals surface area contributed by atoms with Gasteiger partial charge in [-0.1, -0.05) is 37.3 Å². The summed E-state index contributed by atoms with van der Waals surface area (Å²) in [6.07, 6.45) is 2.80. The third-order valence-electron chi connectivity index (χ3n) is 4.18. The molecule has 1 saturated heterocycles. The van der Waals surface area contributed by atoms with Crippen LogP contribution >= 0.6 is 11.8 Å². The van der Waals surface area contributed by atoms with Gasteiger partial charge in [0.05, 0.1) is 17.7 Å². The Hall–Kier alpha value is -2.53. The third kappa shape index (κ3) is 3.83. The molecule has 1 aliphatic heterocycles. The third-order valence-corrected chi connectivity index (χ3v) is 5.19. The quantitative estimate of drug-likeness (QED) is 0.708. The van der Waals surface area contributed by atoms with E-state index in [2.05, 4.69) is 13.0 Å². The van der Waals surface area contributed by atoms with Crippen LogP contribution in [0.3, 0.4) is 0 Å². The summed E-state index contributed by atoms with van der Waals surface area (Å²) in [6, 6.07) is 15.7. The van der Waals surface area contributed by atoms with Crippen LogP contribution in [-0.4, -0.2) is 29.6 Å². The highest BCUT2D eigenvalue weighted by Gasteiger charge is 2.32. The molecule has 4 nitrogen and oxygen atoms in total. The van der Waals surface area contributed by atoms with E-state index in [0.717, 1.165) is 28.6 Å². The lowest BCUT2D eigenvalue weighted by Crippen LogP contribution is -2.28. The summed E-state index contributed by atoms with van der Waals surface area (Å²) in [6.45, 7) is 4.67. The van der Waals surface area contributed by atoms with Crippen LogP contribution in [0.25, 0.3) is 6.08 Å². The van der Waals surface area contributed by atoms with Crippen molar-refractivity contribution in [3.63, 3.8) is 0 Å². The van der Waals surface area contributed by atoms with E-state index in [-0.39, 0.29) is 5.91 Å². The minimum absolute atomic E-state index is 0.00644. The van der Waals surface area contributed by atoms with Crippen LogP contribution in [0.4, 0.5) is 5.69 Å². The number of aryl methyl sites for hydroxylation is 1. The van der Waals surface area contributed by atoms with Crippen molar-refractivity contribution in [3.05, 3.63) is 64.6 Å². The van der Waals surface area contributed by atoms with E-state index in [0.29, 0.717) is 11.4 Å². The lowest BCUT2D eigenvalue weighted by atomic mass is 10.1. The van der Waals surface area contributed by atoms with Crippen molar-refractivity contribution in [2.24, 2.45) is 4.99 Å². The van der Waals surface area contributed by atoms with Gasteiger partial charge in [0.15, 0.2) is 5.17 Å². The van der Waals surface area contributed by atoms with Crippen molar-refractivity contribution >= 4 is 34.6 Å². The summed E-state index contributed by atoms with van der Waals surface area (Å²) < 4.78 is 5.26. The number of hydrogen-bond donors (Lipinski definition) is 0. The SMILES string of the molecule is CCc1ccccc1N=C1S/C(=C/c2cccc(OC)c2)C(=O)N1CC. The van der Waals surface area contributed by atoms with Crippen molar-refractivity contribution in [1.29, 1.82) is 0 Å². The second-order valence-electron chi connectivity index (χ2n) is 5.81. The van der Waals surface area contributed by atoms with Gasteiger partial charge in [-0.3, -0.25) is 9.69 Å². The summed E-state index contributed by atoms with van der Waals surface area (Å²) in [5.74, 6) is 0.765. The molecule has 5 heteroatoms. The Bertz CT molecular complexity index is 874. The topological polar surface area (TPSA) is 41.9 Å². The van der Waals surface area contributed by atoms with Gasteiger partial charge in [0, 0.05) is 6.54 Å². The lowest BCUT2D eigenvalue weighted by Gasteiger charge is -2.12. The Morgan fingerprint density at radius 1 is 1.15 bits per heavy atom. The highest BCUT2D eigenvalue weighted by Crippen LogP contribution is 2.35.